The number of hydrogen-bond donors (Lipinski definition) is 1. The summed E-state index contributed by atoms with van der Waals surface area (Å²) in [6, 6.07) is 11.5. The molecule has 1 N–H and O–H groups in total. The first-order valence-corrected chi connectivity index (χ1v) is 12.0. The van der Waals surface area contributed by atoms with Crippen molar-refractivity contribution >= 4 is 27.3 Å². The number of carbonyl (C=O) groups is 1. The van der Waals surface area contributed by atoms with Gasteiger partial charge in [-0.2, -0.15) is 0 Å². The highest BCUT2D eigenvalue weighted by Crippen LogP contribution is 2.26. The molecule has 0 aromatic heterocycles. The first kappa shape index (κ1) is 22.4. The third kappa shape index (κ3) is 4.98. The maximum Gasteiger partial charge on any atom is 0.261 e. The lowest BCUT2D eigenvalue weighted by molar-refractivity contribution is 0.0300. The number of amides is 1. The summed E-state index contributed by atoms with van der Waals surface area (Å²) in [6.45, 7) is 4.77. The van der Waals surface area contributed by atoms with Gasteiger partial charge in [-0.3, -0.25) is 9.52 Å². The van der Waals surface area contributed by atoms with Crippen LogP contribution in [0.4, 0.5) is 11.4 Å². The van der Waals surface area contributed by atoms with Gasteiger partial charge in [-0.1, -0.05) is 0 Å². The molecule has 0 radical (unpaired) electrons. The van der Waals surface area contributed by atoms with Crippen molar-refractivity contribution in [2.75, 3.05) is 69.3 Å². The molecule has 0 spiro atoms. The lowest BCUT2D eigenvalue weighted by Crippen LogP contribution is -2.40. The van der Waals surface area contributed by atoms with Crippen LogP contribution >= 0.6 is 0 Å². The average Bonchev–Trinajstić information content (AvgIpc) is 2.84. The Morgan fingerprint density at radius 2 is 1.56 bits per heavy atom. The summed E-state index contributed by atoms with van der Waals surface area (Å²) in [7, 11) is -2.45. The van der Waals surface area contributed by atoms with E-state index in [4.69, 9.17) is 14.2 Å². The number of methoxy groups -OCH3 is 1. The molecule has 2 aliphatic rings. The molecule has 9 nitrogen and oxygen atoms in total. The van der Waals surface area contributed by atoms with Gasteiger partial charge in [0, 0.05) is 37.6 Å². The number of nitrogens with one attached hydrogen (secondary N) is 1. The minimum Gasteiger partial charge on any atom is -0.496 e. The van der Waals surface area contributed by atoms with E-state index in [2.05, 4.69) is 9.62 Å². The predicted octanol–water partition coefficient (Wildman–Crippen LogP) is 1.80. The molecule has 2 heterocycles. The molecule has 2 aromatic rings. The topological polar surface area (TPSA) is 97.4 Å². The highest BCUT2D eigenvalue weighted by Gasteiger charge is 2.25. The van der Waals surface area contributed by atoms with Crippen molar-refractivity contribution in [1.29, 1.82) is 0 Å². The summed E-state index contributed by atoms with van der Waals surface area (Å²) >= 11 is 0. The van der Waals surface area contributed by atoms with Crippen molar-refractivity contribution in [2.45, 2.75) is 4.90 Å². The van der Waals surface area contributed by atoms with E-state index in [9.17, 15) is 13.2 Å². The number of carbonyl (C=O) groups excluding carboxylic acids is 1. The largest absolute Gasteiger partial charge is 0.496 e. The van der Waals surface area contributed by atoms with Gasteiger partial charge in [-0.15, -0.1) is 0 Å². The number of rotatable bonds is 6. The van der Waals surface area contributed by atoms with Gasteiger partial charge in [0.15, 0.2) is 0 Å². The summed E-state index contributed by atoms with van der Waals surface area (Å²) in [5, 5.41) is 0. The average molecular weight is 462 g/mol. The Bertz CT molecular complexity index is 1050. The molecule has 0 atom stereocenters. The highest BCUT2D eigenvalue weighted by atomic mass is 32.2. The van der Waals surface area contributed by atoms with Crippen molar-refractivity contribution in [3.05, 3.63) is 48.0 Å². The van der Waals surface area contributed by atoms with Gasteiger partial charge in [-0.05, 0) is 42.5 Å². The Balaban J connectivity index is 1.53. The molecule has 2 saturated heterocycles. The van der Waals surface area contributed by atoms with E-state index >= 15 is 0 Å². The number of ether oxygens (including phenoxy) is 3. The Morgan fingerprint density at radius 1 is 0.938 bits per heavy atom. The van der Waals surface area contributed by atoms with Crippen LogP contribution in [0.2, 0.25) is 0 Å². The Morgan fingerprint density at radius 3 is 2.19 bits per heavy atom. The minimum absolute atomic E-state index is 0.00725. The standard InChI is InChI=1S/C22H27N3O6S/c1-29-21-7-6-19(16-20(21)22(26)25-10-14-31-15-11-25)32(27,28)23-17-2-4-18(5-3-17)24-8-12-30-13-9-24/h2-7,16,23H,8-15H2,1H3. The summed E-state index contributed by atoms with van der Waals surface area (Å²) in [5.41, 5.74) is 1.66. The molecule has 1 amide bonds. The molecule has 0 aliphatic carbocycles. The van der Waals surface area contributed by atoms with Crippen molar-refractivity contribution in [3.63, 3.8) is 0 Å². The van der Waals surface area contributed by atoms with Gasteiger partial charge in [-0.25, -0.2) is 8.42 Å². The van der Waals surface area contributed by atoms with E-state index in [0.29, 0.717) is 51.0 Å². The van der Waals surface area contributed by atoms with Crippen LogP contribution in [0.25, 0.3) is 0 Å². The normalized spacial score (nSPS) is 17.2. The SMILES string of the molecule is COc1ccc(S(=O)(=O)Nc2ccc(N3CCOCC3)cc2)cc1C(=O)N1CCOCC1. The fraction of sp³-hybridized carbons (Fsp3) is 0.409. The molecule has 2 fully saturated rings. The number of morpholine rings is 2. The van der Waals surface area contributed by atoms with Gasteiger partial charge >= 0.3 is 0 Å². The highest BCUT2D eigenvalue weighted by molar-refractivity contribution is 7.92. The van der Waals surface area contributed by atoms with Crippen LogP contribution in [-0.4, -0.2) is 78.9 Å². The van der Waals surface area contributed by atoms with E-state index in [1.807, 2.05) is 12.1 Å². The van der Waals surface area contributed by atoms with Gasteiger partial charge in [0.25, 0.3) is 15.9 Å². The number of anilines is 2. The first-order chi connectivity index (χ1) is 15.5. The van der Waals surface area contributed by atoms with Crippen LogP contribution < -0.4 is 14.4 Å². The molecular formula is C22H27N3O6S. The second-order valence-electron chi connectivity index (χ2n) is 7.52. The molecule has 172 valence electrons. The minimum atomic E-state index is -3.90. The monoisotopic (exact) mass is 461 g/mol. The van der Waals surface area contributed by atoms with E-state index < -0.39 is 10.0 Å². The summed E-state index contributed by atoms with van der Waals surface area (Å²) in [5.74, 6) is 0.0485. The molecule has 0 unspecified atom stereocenters. The number of nitrogens with zero attached hydrogens (tertiary/aromatic N) is 2. The molecule has 0 bridgehead atoms. The summed E-state index contributed by atoms with van der Waals surface area (Å²) in [4.78, 5) is 16.8. The van der Waals surface area contributed by atoms with E-state index in [1.165, 1.54) is 25.3 Å². The first-order valence-electron chi connectivity index (χ1n) is 10.5. The van der Waals surface area contributed by atoms with Gasteiger partial charge in [0.05, 0.1) is 44.0 Å². The van der Waals surface area contributed by atoms with Crippen LogP contribution in [0.5, 0.6) is 5.75 Å². The van der Waals surface area contributed by atoms with Crippen molar-refractivity contribution in [2.24, 2.45) is 0 Å². The maximum atomic E-state index is 13.0. The quantitative estimate of drug-likeness (QED) is 0.701. The molecule has 32 heavy (non-hydrogen) atoms. The van der Waals surface area contributed by atoms with Crippen LogP contribution in [0, 0.1) is 0 Å². The maximum absolute atomic E-state index is 13.0. The summed E-state index contributed by atoms with van der Waals surface area (Å²) in [6.07, 6.45) is 0. The second-order valence-corrected chi connectivity index (χ2v) is 9.20. The lowest BCUT2D eigenvalue weighted by Gasteiger charge is -2.29. The smallest absolute Gasteiger partial charge is 0.261 e. The zero-order valence-corrected chi connectivity index (χ0v) is 18.8. The van der Waals surface area contributed by atoms with Crippen molar-refractivity contribution in [3.8, 4) is 5.75 Å². The molecular weight excluding hydrogens is 434 g/mol. The van der Waals surface area contributed by atoms with Crippen molar-refractivity contribution < 1.29 is 27.4 Å². The predicted molar refractivity (Wildman–Crippen MR) is 120 cm³/mol. The van der Waals surface area contributed by atoms with Crippen LogP contribution in [0.1, 0.15) is 10.4 Å². The van der Waals surface area contributed by atoms with Crippen LogP contribution in [0.15, 0.2) is 47.4 Å². The van der Waals surface area contributed by atoms with Crippen LogP contribution in [-0.2, 0) is 19.5 Å². The van der Waals surface area contributed by atoms with Crippen molar-refractivity contribution in [1.82, 2.24) is 4.90 Å². The molecule has 2 aliphatic heterocycles. The molecule has 4 rings (SSSR count). The van der Waals surface area contributed by atoms with Gasteiger partial charge in [0.2, 0.25) is 0 Å². The van der Waals surface area contributed by atoms with Crippen LogP contribution in [0.3, 0.4) is 0 Å². The third-order valence-corrected chi connectivity index (χ3v) is 6.88. The lowest BCUT2D eigenvalue weighted by atomic mass is 10.1. The van der Waals surface area contributed by atoms with E-state index in [0.717, 1.165) is 18.8 Å². The molecule has 2 aromatic carbocycles. The zero-order chi connectivity index (χ0) is 22.6. The zero-order valence-electron chi connectivity index (χ0n) is 18.0. The Labute approximate surface area is 187 Å². The Hall–Kier alpha value is -2.82. The number of sulfonamides is 1. The van der Waals surface area contributed by atoms with Gasteiger partial charge in [0.1, 0.15) is 5.75 Å². The summed E-state index contributed by atoms with van der Waals surface area (Å²) < 4.78 is 44.6. The molecule has 0 saturated carbocycles. The number of benzene rings is 2. The second kappa shape index (κ2) is 9.76. The fourth-order valence-corrected chi connectivity index (χ4v) is 4.82. The van der Waals surface area contributed by atoms with E-state index in [-0.39, 0.29) is 16.4 Å². The Kier molecular flexibility index (Phi) is 6.83. The van der Waals surface area contributed by atoms with E-state index in [1.54, 1.807) is 17.0 Å². The third-order valence-electron chi connectivity index (χ3n) is 5.51. The fourth-order valence-electron chi connectivity index (χ4n) is 3.73. The molecule has 10 heteroatoms. The van der Waals surface area contributed by atoms with Gasteiger partial charge < -0.3 is 24.0 Å². The number of hydrogen-bond acceptors (Lipinski definition) is 7.